The SMILES string of the molecule is O=C(NC1CCCCC1)C(c1ccccc1)N(Cc1ccccc1)C(=O)c1cccs1. The molecule has 2 amide bonds. The highest BCUT2D eigenvalue weighted by Crippen LogP contribution is 2.28. The van der Waals surface area contributed by atoms with Gasteiger partial charge in [0.25, 0.3) is 5.91 Å². The zero-order chi connectivity index (χ0) is 21.5. The van der Waals surface area contributed by atoms with Crippen LogP contribution in [0.1, 0.15) is 58.9 Å². The van der Waals surface area contributed by atoms with Crippen LogP contribution in [0.5, 0.6) is 0 Å². The normalized spacial score (nSPS) is 15.2. The first-order valence-corrected chi connectivity index (χ1v) is 11.8. The molecule has 4 rings (SSSR count). The molecule has 0 radical (unpaired) electrons. The molecule has 0 saturated heterocycles. The van der Waals surface area contributed by atoms with Crippen molar-refractivity contribution in [3.63, 3.8) is 0 Å². The maximum atomic E-state index is 13.6. The summed E-state index contributed by atoms with van der Waals surface area (Å²) in [5.74, 6) is -0.217. The summed E-state index contributed by atoms with van der Waals surface area (Å²) in [6.07, 6.45) is 5.52. The number of hydrogen-bond acceptors (Lipinski definition) is 3. The topological polar surface area (TPSA) is 49.4 Å². The molecule has 1 heterocycles. The van der Waals surface area contributed by atoms with E-state index in [0.717, 1.165) is 36.8 Å². The number of benzene rings is 2. The minimum Gasteiger partial charge on any atom is -0.351 e. The van der Waals surface area contributed by atoms with Crippen molar-refractivity contribution in [2.24, 2.45) is 0 Å². The quantitative estimate of drug-likeness (QED) is 0.530. The molecular weight excluding hydrogens is 404 g/mol. The van der Waals surface area contributed by atoms with E-state index in [9.17, 15) is 9.59 Å². The highest BCUT2D eigenvalue weighted by Gasteiger charge is 2.33. The first kappa shape index (κ1) is 21.3. The fourth-order valence-electron chi connectivity index (χ4n) is 4.24. The van der Waals surface area contributed by atoms with Gasteiger partial charge in [-0.1, -0.05) is 86.0 Å². The molecule has 1 aliphatic rings. The minimum atomic E-state index is -0.682. The predicted molar refractivity (Wildman–Crippen MR) is 125 cm³/mol. The Kier molecular flexibility index (Phi) is 7.15. The predicted octanol–water partition coefficient (Wildman–Crippen LogP) is 5.58. The van der Waals surface area contributed by atoms with Gasteiger partial charge in [-0.3, -0.25) is 9.59 Å². The van der Waals surface area contributed by atoms with E-state index in [4.69, 9.17) is 0 Å². The molecule has 1 aliphatic carbocycles. The Labute approximate surface area is 187 Å². The highest BCUT2D eigenvalue weighted by atomic mass is 32.1. The van der Waals surface area contributed by atoms with Crippen LogP contribution in [0.3, 0.4) is 0 Å². The average molecular weight is 433 g/mol. The summed E-state index contributed by atoms with van der Waals surface area (Å²) in [6, 6.07) is 22.7. The third-order valence-corrected chi connectivity index (χ3v) is 6.67. The smallest absolute Gasteiger partial charge is 0.265 e. The summed E-state index contributed by atoms with van der Waals surface area (Å²) in [5, 5.41) is 5.15. The van der Waals surface area contributed by atoms with E-state index < -0.39 is 6.04 Å². The molecule has 1 saturated carbocycles. The third-order valence-electron chi connectivity index (χ3n) is 5.82. The second kappa shape index (κ2) is 10.4. The van der Waals surface area contributed by atoms with E-state index in [2.05, 4.69) is 5.32 Å². The van der Waals surface area contributed by atoms with Crippen LogP contribution in [-0.2, 0) is 11.3 Å². The van der Waals surface area contributed by atoms with Crippen molar-refractivity contribution in [1.29, 1.82) is 0 Å². The van der Waals surface area contributed by atoms with E-state index in [-0.39, 0.29) is 17.9 Å². The Hall–Kier alpha value is -2.92. The van der Waals surface area contributed by atoms with E-state index in [1.807, 2.05) is 78.2 Å². The van der Waals surface area contributed by atoms with Crippen molar-refractivity contribution in [3.05, 3.63) is 94.2 Å². The molecule has 5 heteroatoms. The molecule has 1 aromatic heterocycles. The Balaban J connectivity index is 1.69. The van der Waals surface area contributed by atoms with Crippen LogP contribution in [0.2, 0.25) is 0 Å². The monoisotopic (exact) mass is 432 g/mol. The number of amides is 2. The fourth-order valence-corrected chi connectivity index (χ4v) is 4.92. The molecule has 2 aromatic carbocycles. The number of hydrogen-bond donors (Lipinski definition) is 1. The van der Waals surface area contributed by atoms with E-state index in [0.29, 0.717) is 11.4 Å². The van der Waals surface area contributed by atoms with Gasteiger partial charge in [-0.05, 0) is 35.4 Å². The number of nitrogens with one attached hydrogen (secondary N) is 1. The molecule has 1 fully saturated rings. The molecule has 1 unspecified atom stereocenters. The molecular formula is C26H28N2O2S. The lowest BCUT2D eigenvalue weighted by molar-refractivity contribution is -0.127. The van der Waals surface area contributed by atoms with Crippen molar-refractivity contribution in [1.82, 2.24) is 10.2 Å². The van der Waals surface area contributed by atoms with Gasteiger partial charge in [0.05, 0.1) is 4.88 Å². The van der Waals surface area contributed by atoms with Crippen molar-refractivity contribution in [2.45, 2.75) is 50.7 Å². The summed E-state index contributed by atoms with van der Waals surface area (Å²) >= 11 is 1.41. The standard InChI is InChI=1S/C26H28N2O2S/c29-25(27-22-15-8-3-9-16-22)24(21-13-6-2-7-14-21)28(19-20-11-4-1-5-12-20)26(30)23-17-10-18-31-23/h1-2,4-7,10-14,17-18,22,24H,3,8-9,15-16,19H2,(H,27,29). The van der Waals surface area contributed by atoms with Gasteiger partial charge in [-0.15, -0.1) is 11.3 Å². The summed E-state index contributed by atoms with van der Waals surface area (Å²) in [7, 11) is 0. The molecule has 0 bridgehead atoms. The van der Waals surface area contributed by atoms with Crippen molar-refractivity contribution in [3.8, 4) is 0 Å². The van der Waals surface area contributed by atoms with E-state index >= 15 is 0 Å². The number of nitrogens with zero attached hydrogens (tertiary/aromatic N) is 1. The summed E-state index contributed by atoms with van der Waals surface area (Å²) < 4.78 is 0. The molecule has 31 heavy (non-hydrogen) atoms. The molecule has 0 spiro atoms. The lowest BCUT2D eigenvalue weighted by atomic mass is 9.94. The van der Waals surface area contributed by atoms with Crippen LogP contribution in [0.25, 0.3) is 0 Å². The Bertz CT molecular complexity index is 967. The van der Waals surface area contributed by atoms with Gasteiger partial charge in [0.2, 0.25) is 5.91 Å². The van der Waals surface area contributed by atoms with Gasteiger partial charge in [-0.25, -0.2) is 0 Å². The maximum Gasteiger partial charge on any atom is 0.265 e. The maximum absolute atomic E-state index is 13.6. The lowest BCUT2D eigenvalue weighted by Crippen LogP contribution is -2.46. The van der Waals surface area contributed by atoms with Gasteiger partial charge in [0.1, 0.15) is 6.04 Å². The van der Waals surface area contributed by atoms with E-state index in [1.165, 1.54) is 17.8 Å². The molecule has 1 atom stereocenters. The minimum absolute atomic E-state index is 0.0982. The number of carbonyl (C=O) groups is 2. The molecule has 160 valence electrons. The fraction of sp³-hybridized carbons (Fsp3) is 0.308. The van der Waals surface area contributed by atoms with Crippen LogP contribution in [0, 0.1) is 0 Å². The van der Waals surface area contributed by atoms with Crippen LogP contribution in [0.4, 0.5) is 0 Å². The average Bonchev–Trinajstić information content (AvgIpc) is 3.35. The first-order chi connectivity index (χ1) is 15.2. The number of rotatable bonds is 7. The summed E-state index contributed by atoms with van der Waals surface area (Å²) in [6.45, 7) is 0.370. The Morgan fingerprint density at radius 2 is 1.58 bits per heavy atom. The zero-order valence-corrected chi connectivity index (χ0v) is 18.4. The van der Waals surface area contributed by atoms with Gasteiger partial charge in [-0.2, -0.15) is 0 Å². The van der Waals surface area contributed by atoms with Crippen LogP contribution < -0.4 is 5.32 Å². The van der Waals surface area contributed by atoms with Crippen molar-refractivity contribution >= 4 is 23.2 Å². The van der Waals surface area contributed by atoms with Crippen LogP contribution in [-0.4, -0.2) is 22.8 Å². The van der Waals surface area contributed by atoms with Gasteiger partial charge < -0.3 is 10.2 Å². The highest BCUT2D eigenvalue weighted by molar-refractivity contribution is 7.12. The van der Waals surface area contributed by atoms with Crippen LogP contribution in [0.15, 0.2) is 78.2 Å². The second-order valence-corrected chi connectivity index (χ2v) is 9.00. The number of thiophene rings is 1. The molecule has 3 aromatic rings. The first-order valence-electron chi connectivity index (χ1n) is 11.0. The molecule has 4 nitrogen and oxygen atoms in total. The third kappa shape index (κ3) is 5.42. The van der Waals surface area contributed by atoms with Crippen molar-refractivity contribution < 1.29 is 9.59 Å². The Morgan fingerprint density at radius 1 is 0.903 bits per heavy atom. The van der Waals surface area contributed by atoms with Crippen LogP contribution >= 0.6 is 11.3 Å². The summed E-state index contributed by atoms with van der Waals surface area (Å²) in [5.41, 5.74) is 1.83. The number of carbonyl (C=O) groups excluding carboxylic acids is 2. The van der Waals surface area contributed by atoms with E-state index in [1.54, 1.807) is 4.90 Å². The second-order valence-electron chi connectivity index (χ2n) is 8.05. The largest absolute Gasteiger partial charge is 0.351 e. The van der Waals surface area contributed by atoms with Gasteiger partial charge in [0, 0.05) is 12.6 Å². The van der Waals surface area contributed by atoms with Crippen molar-refractivity contribution in [2.75, 3.05) is 0 Å². The van der Waals surface area contributed by atoms with Gasteiger partial charge in [0.15, 0.2) is 0 Å². The molecule has 0 aliphatic heterocycles. The Morgan fingerprint density at radius 3 is 2.23 bits per heavy atom. The zero-order valence-electron chi connectivity index (χ0n) is 17.6. The lowest BCUT2D eigenvalue weighted by Gasteiger charge is -2.33. The molecule has 1 N–H and O–H groups in total. The summed E-state index contributed by atoms with van der Waals surface area (Å²) in [4.78, 5) is 29.6. The van der Waals surface area contributed by atoms with Gasteiger partial charge >= 0.3 is 0 Å².